The lowest BCUT2D eigenvalue weighted by Crippen LogP contribution is -2.48. The molecule has 0 atom stereocenters. The zero-order valence-corrected chi connectivity index (χ0v) is 11.3. The van der Waals surface area contributed by atoms with Crippen LogP contribution in [0.1, 0.15) is 13.8 Å². The van der Waals surface area contributed by atoms with Gasteiger partial charge in [-0.2, -0.15) is 5.01 Å². The summed E-state index contributed by atoms with van der Waals surface area (Å²) in [5.41, 5.74) is 1.73. The van der Waals surface area contributed by atoms with Crippen molar-refractivity contribution in [1.29, 1.82) is 0 Å². The molecule has 0 aliphatic carbocycles. The van der Waals surface area contributed by atoms with Gasteiger partial charge in [0.15, 0.2) is 0 Å². The van der Waals surface area contributed by atoms with Crippen LogP contribution in [0, 0.1) is 0 Å². The van der Waals surface area contributed by atoms with E-state index in [1.807, 2.05) is 5.43 Å². The lowest BCUT2D eigenvalue weighted by Gasteiger charge is -2.22. The van der Waals surface area contributed by atoms with Gasteiger partial charge < -0.3 is 9.47 Å². The minimum atomic E-state index is -0.997. The quantitative estimate of drug-likeness (QED) is 0.577. The Morgan fingerprint density at radius 2 is 1.85 bits per heavy atom. The lowest BCUT2D eigenvalue weighted by molar-refractivity contribution is -0.136. The molecule has 20 heavy (non-hydrogen) atoms. The number of likely N-dealkylation sites (N-methyl/N-ethyl adjacent to an activating group) is 1. The van der Waals surface area contributed by atoms with Crippen molar-refractivity contribution in [2.75, 3.05) is 20.3 Å². The van der Waals surface area contributed by atoms with Crippen molar-refractivity contribution in [3.63, 3.8) is 0 Å². The Kier molecular flexibility index (Phi) is 5.07. The van der Waals surface area contributed by atoms with E-state index >= 15 is 0 Å². The van der Waals surface area contributed by atoms with Gasteiger partial charge in [0.1, 0.15) is 5.70 Å². The molecule has 0 bridgehead atoms. The molecule has 0 aromatic heterocycles. The molecular weight excluding hydrogens is 270 g/mol. The molecule has 4 amide bonds. The normalized spacial score (nSPS) is 13.9. The van der Waals surface area contributed by atoms with Crippen LogP contribution in [0.15, 0.2) is 11.8 Å². The third-order valence-electron chi connectivity index (χ3n) is 2.28. The fourth-order valence-corrected chi connectivity index (χ4v) is 1.35. The van der Waals surface area contributed by atoms with Crippen molar-refractivity contribution in [3.05, 3.63) is 11.8 Å². The van der Waals surface area contributed by atoms with E-state index in [0.29, 0.717) is 5.01 Å². The SMILES string of the molecule is CCOC(=O)NN(C(=O)OCC)C1=CC(=O)N(C)C1=O. The molecule has 1 aliphatic rings. The molecule has 9 nitrogen and oxygen atoms in total. The summed E-state index contributed by atoms with van der Waals surface area (Å²) in [4.78, 5) is 47.1. The van der Waals surface area contributed by atoms with Crippen molar-refractivity contribution in [3.8, 4) is 0 Å². The number of carbonyl (C=O) groups is 4. The van der Waals surface area contributed by atoms with Gasteiger partial charge in [-0.25, -0.2) is 15.0 Å². The first-order valence-corrected chi connectivity index (χ1v) is 5.86. The second-order valence-corrected chi connectivity index (χ2v) is 3.60. The molecule has 0 spiro atoms. The van der Waals surface area contributed by atoms with E-state index in [-0.39, 0.29) is 18.9 Å². The van der Waals surface area contributed by atoms with Crippen molar-refractivity contribution in [2.24, 2.45) is 0 Å². The number of nitrogens with zero attached hydrogens (tertiary/aromatic N) is 2. The average molecular weight is 285 g/mol. The topological polar surface area (TPSA) is 105 Å². The van der Waals surface area contributed by atoms with Gasteiger partial charge in [0.25, 0.3) is 11.8 Å². The summed E-state index contributed by atoms with van der Waals surface area (Å²) in [6, 6.07) is 0. The Morgan fingerprint density at radius 1 is 1.25 bits per heavy atom. The monoisotopic (exact) mass is 285 g/mol. The Labute approximate surface area is 115 Å². The molecule has 0 saturated heterocycles. The maximum Gasteiger partial charge on any atom is 0.433 e. The molecule has 0 aromatic rings. The van der Waals surface area contributed by atoms with Crippen molar-refractivity contribution in [1.82, 2.24) is 15.3 Å². The number of nitrogens with one attached hydrogen (secondary N) is 1. The second-order valence-electron chi connectivity index (χ2n) is 3.60. The van der Waals surface area contributed by atoms with Gasteiger partial charge in [-0.05, 0) is 13.8 Å². The van der Waals surface area contributed by atoms with Gasteiger partial charge in [-0.1, -0.05) is 0 Å². The average Bonchev–Trinajstić information content (AvgIpc) is 2.64. The van der Waals surface area contributed by atoms with Crippen LogP contribution in [-0.2, 0) is 19.1 Å². The van der Waals surface area contributed by atoms with Crippen LogP contribution in [0.4, 0.5) is 9.59 Å². The van der Waals surface area contributed by atoms with Gasteiger partial charge in [0.05, 0.1) is 13.2 Å². The fourth-order valence-electron chi connectivity index (χ4n) is 1.35. The number of hydrazine groups is 1. The molecule has 1 rings (SSSR count). The van der Waals surface area contributed by atoms with E-state index in [4.69, 9.17) is 4.74 Å². The zero-order valence-electron chi connectivity index (χ0n) is 11.3. The molecule has 0 radical (unpaired) electrons. The third kappa shape index (κ3) is 3.25. The molecule has 1 N–H and O–H groups in total. The minimum Gasteiger partial charge on any atom is -0.449 e. The van der Waals surface area contributed by atoms with Crippen LogP contribution < -0.4 is 5.43 Å². The Balaban J connectivity index is 2.96. The summed E-state index contributed by atoms with van der Waals surface area (Å²) in [5.74, 6) is -1.34. The molecule has 110 valence electrons. The molecule has 9 heteroatoms. The third-order valence-corrected chi connectivity index (χ3v) is 2.28. The number of imide groups is 1. The highest BCUT2D eigenvalue weighted by molar-refractivity contribution is 6.16. The predicted octanol–water partition coefficient (Wildman–Crippen LogP) is -0.0115. The summed E-state index contributed by atoms with van der Waals surface area (Å²) >= 11 is 0. The van der Waals surface area contributed by atoms with Crippen molar-refractivity contribution >= 4 is 24.0 Å². The first kappa shape index (κ1) is 15.5. The minimum absolute atomic E-state index is 0.0328. The Hall–Kier alpha value is -2.58. The molecular formula is C11H15N3O6. The predicted molar refractivity (Wildman–Crippen MR) is 64.9 cm³/mol. The first-order chi connectivity index (χ1) is 9.42. The van der Waals surface area contributed by atoms with Gasteiger partial charge in [-0.15, -0.1) is 0 Å². The first-order valence-electron chi connectivity index (χ1n) is 5.86. The van der Waals surface area contributed by atoms with Crippen LogP contribution in [0.3, 0.4) is 0 Å². The van der Waals surface area contributed by atoms with Crippen LogP contribution in [0.2, 0.25) is 0 Å². The van der Waals surface area contributed by atoms with E-state index in [2.05, 4.69) is 4.74 Å². The van der Waals surface area contributed by atoms with Crippen LogP contribution in [-0.4, -0.2) is 54.2 Å². The van der Waals surface area contributed by atoms with E-state index in [9.17, 15) is 19.2 Å². The van der Waals surface area contributed by atoms with Crippen LogP contribution in [0.5, 0.6) is 0 Å². The summed E-state index contributed by atoms with van der Waals surface area (Å²) in [5, 5.41) is 0.547. The van der Waals surface area contributed by atoms with Gasteiger partial charge in [0.2, 0.25) is 0 Å². The van der Waals surface area contributed by atoms with Crippen molar-refractivity contribution < 1.29 is 28.7 Å². The van der Waals surface area contributed by atoms with Crippen LogP contribution in [0.25, 0.3) is 0 Å². The van der Waals surface area contributed by atoms with Gasteiger partial charge in [0, 0.05) is 13.1 Å². The van der Waals surface area contributed by atoms with E-state index in [1.165, 1.54) is 7.05 Å². The van der Waals surface area contributed by atoms with E-state index in [1.54, 1.807) is 13.8 Å². The summed E-state index contributed by atoms with van der Waals surface area (Å²) in [6.07, 6.45) is -1.02. The molecule has 1 aliphatic heterocycles. The highest BCUT2D eigenvalue weighted by atomic mass is 16.6. The molecule has 0 saturated carbocycles. The van der Waals surface area contributed by atoms with E-state index < -0.39 is 24.0 Å². The maximum absolute atomic E-state index is 11.8. The van der Waals surface area contributed by atoms with Crippen molar-refractivity contribution in [2.45, 2.75) is 13.8 Å². The number of ether oxygens (including phenoxy) is 2. The maximum atomic E-state index is 11.8. The van der Waals surface area contributed by atoms with Gasteiger partial charge in [-0.3, -0.25) is 14.5 Å². The fraction of sp³-hybridized carbons (Fsp3) is 0.455. The number of amides is 4. The summed E-state index contributed by atoms with van der Waals surface area (Å²) < 4.78 is 9.32. The number of carbonyl (C=O) groups excluding carboxylic acids is 4. The lowest BCUT2D eigenvalue weighted by atomic mass is 10.4. The summed E-state index contributed by atoms with van der Waals surface area (Å²) in [7, 11) is 1.25. The Morgan fingerprint density at radius 3 is 2.30 bits per heavy atom. The molecule has 1 heterocycles. The molecule has 0 fully saturated rings. The molecule has 0 aromatic carbocycles. The number of rotatable bonds is 3. The number of hydrogen-bond donors (Lipinski definition) is 1. The zero-order chi connectivity index (χ0) is 15.3. The smallest absolute Gasteiger partial charge is 0.433 e. The molecule has 0 unspecified atom stereocenters. The highest BCUT2D eigenvalue weighted by Gasteiger charge is 2.36. The Bertz CT molecular complexity index is 473. The number of hydrogen-bond acceptors (Lipinski definition) is 6. The van der Waals surface area contributed by atoms with E-state index in [0.717, 1.165) is 11.0 Å². The highest BCUT2D eigenvalue weighted by Crippen LogP contribution is 2.15. The van der Waals surface area contributed by atoms with Crippen LogP contribution >= 0.6 is 0 Å². The second kappa shape index (κ2) is 6.55. The standard InChI is InChI=1S/C11H15N3O6/c1-4-19-10(17)12-14(11(18)20-5-2)7-6-8(15)13(3)9(7)16/h6H,4-5H2,1-3H3,(H,12,17). The van der Waals surface area contributed by atoms with Gasteiger partial charge >= 0.3 is 12.2 Å². The largest absolute Gasteiger partial charge is 0.449 e. The summed E-state index contributed by atoms with van der Waals surface area (Å²) in [6.45, 7) is 3.24.